The molecule has 6 N–H and O–H groups in total. The first kappa shape index (κ1) is 21.9. The predicted molar refractivity (Wildman–Crippen MR) is 124 cm³/mol. The zero-order valence-corrected chi connectivity index (χ0v) is 18.1. The fourth-order valence-corrected chi connectivity index (χ4v) is 3.39. The van der Waals surface area contributed by atoms with Gasteiger partial charge in [-0.1, -0.05) is 17.7 Å². The van der Waals surface area contributed by atoms with Gasteiger partial charge in [-0.25, -0.2) is 0 Å². The summed E-state index contributed by atoms with van der Waals surface area (Å²) in [5, 5.41) is 15.1. The van der Waals surface area contributed by atoms with Gasteiger partial charge in [-0.3, -0.25) is 10.8 Å². The summed E-state index contributed by atoms with van der Waals surface area (Å²) < 4.78 is 12.0. The molecule has 0 heterocycles. The van der Waals surface area contributed by atoms with Gasteiger partial charge in [-0.15, -0.1) is 0 Å². The summed E-state index contributed by atoms with van der Waals surface area (Å²) in [7, 11) is 0. The van der Waals surface area contributed by atoms with Gasteiger partial charge in [0.05, 0.1) is 0 Å². The van der Waals surface area contributed by atoms with E-state index in [-0.39, 0.29) is 11.7 Å². The van der Waals surface area contributed by atoms with Crippen LogP contribution in [0, 0.1) is 31.6 Å². The number of hydrogen-bond donors (Lipinski definition) is 4. The molecule has 0 bridgehead atoms. The lowest BCUT2D eigenvalue weighted by Crippen LogP contribution is -2.11. The van der Waals surface area contributed by atoms with Gasteiger partial charge in [-0.2, -0.15) is 0 Å². The van der Waals surface area contributed by atoms with E-state index in [9.17, 15) is 0 Å². The number of ether oxygens (including phenoxy) is 2. The lowest BCUT2D eigenvalue weighted by molar-refractivity contribution is 0.297. The number of nitrogens with two attached hydrogens (primary N) is 2. The minimum atomic E-state index is 0.0455. The molecule has 0 radical (unpaired) electrons. The number of benzene rings is 3. The maximum absolute atomic E-state index is 7.54. The third-order valence-corrected chi connectivity index (χ3v) is 4.96. The summed E-state index contributed by atoms with van der Waals surface area (Å²) >= 11 is 0. The van der Waals surface area contributed by atoms with Crippen molar-refractivity contribution in [2.24, 2.45) is 11.5 Å². The number of rotatable bonds is 8. The Morgan fingerprint density at radius 1 is 0.677 bits per heavy atom. The Kier molecular flexibility index (Phi) is 6.60. The van der Waals surface area contributed by atoms with Crippen LogP contribution < -0.4 is 20.9 Å². The maximum Gasteiger partial charge on any atom is 0.122 e. The Labute approximate surface area is 182 Å². The summed E-state index contributed by atoms with van der Waals surface area (Å²) in [6.07, 6.45) is 0. The molecule has 3 aromatic rings. The van der Waals surface area contributed by atoms with E-state index in [4.69, 9.17) is 31.8 Å². The van der Waals surface area contributed by atoms with Crippen molar-refractivity contribution >= 4 is 11.7 Å². The molecule has 3 rings (SSSR count). The second-order valence-corrected chi connectivity index (χ2v) is 7.69. The van der Waals surface area contributed by atoms with Gasteiger partial charge in [0.15, 0.2) is 0 Å². The topological polar surface area (TPSA) is 118 Å². The van der Waals surface area contributed by atoms with Crippen LogP contribution >= 0.6 is 0 Å². The van der Waals surface area contributed by atoms with E-state index in [1.165, 1.54) is 0 Å². The van der Waals surface area contributed by atoms with E-state index >= 15 is 0 Å². The summed E-state index contributed by atoms with van der Waals surface area (Å²) in [5.41, 5.74) is 17.6. The minimum absolute atomic E-state index is 0.0455. The summed E-state index contributed by atoms with van der Waals surface area (Å²) in [4.78, 5) is 0. The summed E-state index contributed by atoms with van der Waals surface area (Å²) in [6, 6.07) is 17.2. The molecule has 0 atom stereocenters. The van der Waals surface area contributed by atoms with Crippen molar-refractivity contribution in [2.45, 2.75) is 34.0 Å². The van der Waals surface area contributed by atoms with Gasteiger partial charge >= 0.3 is 0 Å². The molecule has 6 heteroatoms. The van der Waals surface area contributed by atoms with Crippen LogP contribution in [-0.2, 0) is 13.2 Å². The first-order chi connectivity index (χ1) is 14.7. The fraction of sp³-hybridized carbons (Fsp3) is 0.200. The first-order valence-corrected chi connectivity index (χ1v) is 9.98. The van der Waals surface area contributed by atoms with Crippen LogP contribution in [0.1, 0.15) is 38.9 Å². The van der Waals surface area contributed by atoms with E-state index in [1.807, 2.05) is 45.0 Å². The molecular weight excluding hydrogens is 388 g/mol. The Hall–Kier alpha value is -3.80. The van der Waals surface area contributed by atoms with Crippen LogP contribution in [0.15, 0.2) is 54.6 Å². The van der Waals surface area contributed by atoms with Crippen LogP contribution in [0.25, 0.3) is 0 Å². The fourth-order valence-electron chi connectivity index (χ4n) is 3.39. The summed E-state index contributed by atoms with van der Waals surface area (Å²) in [6.45, 7) is 6.79. The van der Waals surface area contributed by atoms with E-state index in [0.29, 0.717) is 24.3 Å². The number of hydrogen-bond acceptors (Lipinski definition) is 4. The van der Waals surface area contributed by atoms with Crippen LogP contribution in [0.5, 0.6) is 11.5 Å². The van der Waals surface area contributed by atoms with Crippen LogP contribution in [-0.4, -0.2) is 11.7 Å². The third-order valence-electron chi connectivity index (χ3n) is 4.96. The SMILES string of the molecule is Cc1cc(COc2ccc(C(=N)N)cc2C)cc(COc2ccc(C(=N)N)cc2C)c1. The molecule has 31 heavy (non-hydrogen) atoms. The molecule has 0 aliphatic heterocycles. The van der Waals surface area contributed by atoms with Gasteiger partial charge in [-0.05, 0) is 85.5 Å². The standard InChI is InChI=1S/C25H28N4O2/c1-15-8-18(13-30-22-6-4-20(24(26)27)10-16(22)2)12-19(9-15)14-31-23-7-5-21(25(28)29)11-17(23)3/h4-12H,13-14H2,1-3H3,(H3,26,27)(H3,28,29). The van der Waals surface area contributed by atoms with Gasteiger partial charge in [0.1, 0.15) is 36.4 Å². The molecule has 0 unspecified atom stereocenters. The number of aryl methyl sites for hydroxylation is 3. The van der Waals surface area contributed by atoms with E-state index < -0.39 is 0 Å². The summed E-state index contributed by atoms with van der Waals surface area (Å²) in [5.74, 6) is 1.63. The van der Waals surface area contributed by atoms with Crippen LogP contribution in [0.4, 0.5) is 0 Å². The Morgan fingerprint density at radius 2 is 1.10 bits per heavy atom. The van der Waals surface area contributed by atoms with E-state index in [1.54, 1.807) is 12.1 Å². The average molecular weight is 417 g/mol. The Bertz CT molecular complexity index is 1050. The van der Waals surface area contributed by atoms with Gasteiger partial charge in [0.25, 0.3) is 0 Å². The molecular formula is C25H28N4O2. The maximum atomic E-state index is 7.54. The Balaban J connectivity index is 1.68. The number of nitrogens with one attached hydrogen (secondary N) is 2. The highest BCUT2D eigenvalue weighted by Gasteiger charge is 2.07. The normalized spacial score (nSPS) is 10.5. The number of nitrogen functional groups attached to an aromatic ring is 2. The highest BCUT2D eigenvalue weighted by atomic mass is 16.5. The van der Waals surface area contributed by atoms with Crippen molar-refractivity contribution in [3.8, 4) is 11.5 Å². The highest BCUT2D eigenvalue weighted by Crippen LogP contribution is 2.23. The largest absolute Gasteiger partial charge is 0.489 e. The zero-order chi connectivity index (χ0) is 22.5. The van der Waals surface area contributed by atoms with Crippen molar-refractivity contribution < 1.29 is 9.47 Å². The molecule has 3 aromatic carbocycles. The highest BCUT2D eigenvalue weighted by molar-refractivity contribution is 5.95. The number of amidine groups is 2. The zero-order valence-electron chi connectivity index (χ0n) is 18.1. The molecule has 0 spiro atoms. The van der Waals surface area contributed by atoms with Crippen molar-refractivity contribution in [1.29, 1.82) is 10.8 Å². The molecule has 0 saturated carbocycles. The minimum Gasteiger partial charge on any atom is -0.489 e. The van der Waals surface area contributed by atoms with Crippen LogP contribution in [0.3, 0.4) is 0 Å². The molecule has 0 aliphatic rings. The second-order valence-electron chi connectivity index (χ2n) is 7.69. The Morgan fingerprint density at radius 3 is 1.45 bits per heavy atom. The van der Waals surface area contributed by atoms with Crippen molar-refractivity contribution in [2.75, 3.05) is 0 Å². The quantitative estimate of drug-likeness (QED) is 0.323. The lowest BCUT2D eigenvalue weighted by Gasteiger charge is -2.14. The van der Waals surface area contributed by atoms with Crippen molar-refractivity contribution in [3.05, 3.63) is 93.5 Å². The smallest absolute Gasteiger partial charge is 0.122 e. The predicted octanol–water partition coefficient (Wildman–Crippen LogP) is 4.34. The van der Waals surface area contributed by atoms with E-state index in [0.717, 1.165) is 39.3 Å². The molecule has 0 saturated heterocycles. The lowest BCUT2D eigenvalue weighted by atomic mass is 10.1. The molecule has 6 nitrogen and oxygen atoms in total. The molecule has 0 aromatic heterocycles. The molecule has 0 amide bonds. The van der Waals surface area contributed by atoms with Crippen molar-refractivity contribution in [3.63, 3.8) is 0 Å². The third kappa shape index (κ3) is 5.63. The van der Waals surface area contributed by atoms with Gasteiger partial charge in [0, 0.05) is 11.1 Å². The average Bonchev–Trinajstić information content (AvgIpc) is 2.71. The van der Waals surface area contributed by atoms with Gasteiger partial charge in [0.2, 0.25) is 0 Å². The second kappa shape index (κ2) is 9.34. The van der Waals surface area contributed by atoms with E-state index in [2.05, 4.69) is 18.2 Å². The monoisotopic (exact) mass is 416 g/mol. The first-order valence-electron chi connectivity index (χ1n) is 9.98. The van der Waals surface area contributed by atoms with Gasteiger partial charge < -0.3 is 20.9 Å². The molecule has 0 fully saturated rings. The van der Waals surface area contributed by atoms with Crippen molar-refractivity contribution in [1.82, 2.24) is 0 Å². The molecule has 0 aliphatic carbocycles. The van der Waals surface area contributed by atoms with Crippen LogP contribution in [0.2, 0.25) is 0 Å². The molecule has 160 valence electrons.